The number of aliphatic hydroxyl groups excluding tert-OH is 2. The molecule has 8 heteroatoms. The molecular formula is C19H23F2NO5. The minimum absolute atomic E-state index is 0.0152. The van der Waals surface area contributed by atoms with E-state index < -0.39 is 48.0 Å². The summed E-state index contributed by atoms with van der Waals surface area (Å²) in [6.45, 7) is 4.65. The second kappa shape index (κ2) is 7.63. The molecule has 2 aliphatic rings. The van der Waals surface area contributed by atoms with E-state index in [1.165, 1.54) is 19.9 Å². The zero-order chi connectivity index (χ0) is 19.9. The summed E-state index contributed by atoms with van der Waals surface area (Å²) in [7, 11) is 0. The summed E-state index contributed by atoms with van der Waals surface area (Å²) in [5.74, 6) is -2.19. The number of ether oxygens (including phenoxy) is 2. The molecule has 0 unspecified atom stereocenters. The maximum atomic E-state index is 14.0. The van der Waals surface area contributed by atoms with E-state index >= 15 is 0 Å². The number of fused-ring (bicyclic) bond motifs is 1. The highest BCUT2D eigenvalue weighted by Gasteiger charge is 2.52. The average Bonchev–Trinajstić information content (AvgIpc) is 3.11. The number of amides is 1. The smallest absolute Gasteiger partial charge is 0.247 e. The van der Waals surface area contributed by atoms with Crippen molar-refractivity contribution in [2.75, 3.05) is 6.79 Å². The summed E-state index contributed by atoms with van der Waals surface area (Å²) in [6.07, 6.45) is -2.09. The third kappa shape index (κ3) is 3.75. The highest BCUT2D eigenvalue weighted by Crippen LogP contribution is 2.33. The van der Waals surface area contributed by atoms with Crippen LogP contribution in [-0.4, -0.2) is 53.4 Å². The lowest BCUT2D eigenvalue weighted by Crippen LogP contribution is -2.64. The standard InChI is InChI=1S/C19H23F2NO5/c1-8-5-13(21)11(6-12(8)20)4-9(2)19(25)22-14-15(23)10(3)17-18(16(14)24)27-7-26-17/h4-6,10,14-18,23-24H,7H2,1-3H3,(H,22,25)/b9-4+/t10-,14-,15-,16-,17-,18+/m1/s1. The number of aliphatic hydroxyl groups is 2. The molecule has 1 amide bonds. The van der Waals surface area contributed by atoms with Crippen molar-refractivity contribution in [3.63, 3.8) is 0 Å². The van der Waals surface area contributed by atoms with Crippen molar-refractivity contribution in [2.24, 2.45) is 5.92 Å². The summed E-state index contributed by atoms with van der Waals surface area (Å²) >= 11 is 0. The number of hydrogen-bond acceptors (Lipinski definition) is 5. The number of nitrogens with one attached hydrogen (secondary N) is 1. The number of carbonyl (C=O) groups excluding carboxylic acids is 1. The van der Waals surface area contributed by atoms with Crippen molar-refractivity contribution in [2.45, 2.75) is 51.2 Å². The molecule has 1 aromatic rings. The topological polar surface area (TPSA) is 88.0 Å². The van der Waals surface area contributed by atoms with Gasteiger partial charge in [0.1, 0.15) is 30.6 Å². The summed E-state index contributed by atoms with van der Waals surface area (Å²) in [5, 5.41) is 23.5. The molecular weight excluding hydrogens is 360 g/mol. The lowest BCUT2D eigenvalue weighted by atomic mass is 9.78. The SMILES string of the molecule is C/C(=C\c1cc(F)c(C)cc1F)C(=O)N[C@@H]1[C@H](O)[C@@H](C)[C@H]2OCO[C@H]2[C@@H]1O. The molecule has 1 saturated heterocycles. The van der Waals surface area contributed by atoms with E-state index in [0.29, 0.717) is 0 Å². The van der Waals surface area contributed by atoms with Gasteiger partial charge in [-0.15, -0.1) is 0 Å². The van der Waals surface area contributed by atoms with Crippen LogP contribution in [-0.2, 0) is 14.3 Å². The molecule has 1 aromatic carbocycles. The molecule has 27 heavy (non-hydrogen) atoms. The molecule has 3 rings (SSSR count). The number of hydrogen-bond donors (Lipinski definition) is 3. The summed E-state index contributed by atoms with van der Waals surface area (Å²) < 4.78 is 38.4. The van der Waals surface area contributed by atoms with Gasteiger partial charge in [0.2, 0.25) is 5.91 Å². The van der Waals surface area contributed by atoms with E-state index in [1.807, 2.05) is 0 Å². The lowest BCUT2D eigenvalue weighted by molar-refractivity contribution is -0.133. The molecule has 1 aliphatic heterocycles. The van der Waals surface area contributed by atoms with E-state index in [9.17, 15) is 23.8 Å². The van der Waals surface area contributed by atoms with Crippen LogP contribution in [0.3, 0.4) is 0 Å². The van der Waals surface area contributed by atoms with Crippen LogP contribution in [0.1, 0.15) is 25.0 Å². The van der Waals surface area contributed by atoms with Crippen molar-refractivity contribution in [1.29, 1.82) is 0 Å². The van der Waals surface area contributed by atoms with Crippen LogP contribution >= 0.6 is 0 Å². The quantitative estimate of drug-likeness (QED) is 0.685. The number of carbonyl (C=O) groups is 1. The Morgan fingerprint density at radius 3 is 2.56 bits per heavy atom. The molecule has 1 heterocycles. The Hall–Kier alpha value is -1.87. The van der Waals surface area contributed by atoms with Crippen LogP contribution in [0.15, 0.2) is 17.7 Å². The van der Waals surface area contributed by atoms with Crippen molar-refractivity contribution in [1.82, 2.24) is 5.32 Å². The maximum absolute atomic E-state index is 14.0. The first-order chi connectivity index (χ1) is 12.7. The predicted molar refractivity (Wildman–Crippen MR) is 92.5 cm³/mol. The molecule has 0 bridgehead atoms. The zero-order valence-electron chi connectivity index (χ0n) is 15.3. The zero-order valence-corrected chi connectivity index (χ0v) is 15.3. The monoisotopic (exact) mass is 383 g/mol. The summed E-state index contributed by atoms with van der Waals surface area (Å²) in [6, 6.07) is 1.10. The first-order valence-corrected chi connectivity index (χ1v) is 8.75. The Kier molecular flexibility index (Phi) is 5.62. The fraction of sp³-hybridized carbons (Fsp3) is 0.526. The van der Waals surface area contributed by atoms with E-state index in [4.69, 9.17) is 9.47 Å². The van der Waals surface area contributed by atoms with Crippen molar-refractivity contribution in [3.8, 4) is 0 Å². The van der Waals surface area contributed by atoms with Crippen molar-refractivity contribution >= 4 is 12.0 Å². The predicted octanol–water partition coefficient (Wildman–Crippen LogP) is 1.27. The van der Waals surface area contributed by atoms with Crippen LogP contribution in [0, 0.1) is 24.5 Å². The molecule has 1 saturated carbocycles. The van der Waals surface area contributed by atoms with Gasteiger partial charge < -0.3 is 25.0 Å². The Balaban J connectivity index is 1.77. The largest absolute Gasteiger partial charge is 0.390 e. The van der Waals surface area contributed by atoms with E-state index in [0.717, 1.165) is 12.1 Å². The Morgan fingerprint density at radius 1 is 1.19 bits per heavy atom. The number of rotatable bonds is 3. The second-order valence-corrected chi connectivity index (χ2v) is 7.17. The summed E-state index contributed by atoms with van der Waals surface area (Å²) in [4.78, 5) is 12.5. The Bertz CT molecular complexity index is 769. The second-order valence-electron chi connectivity index (χ2n) is 7.17. The third-order valence-electron chi connectivity index (χ3n) is 5.28. The van der Waals surface area contributed by atoms with Crippen LogP contribution in [0.25, 0.3) is 6.08 Å². The fourth-order valence-electron chi connectivity index (χ4n) is 3.56. The van der Waals surface area contributed by atoms with E-state index in [1.54, 1.807) is 6.92 Å². The van der Waals surface area contributed by atoms with Crippen molar-refractivity contribution in [3.05, 3.63) is 40.5 Å². The van der Waals surface area contributed by atoms with Gasteiger partial charge in [-0.2, -0.15) is 0 Å². The van der Waals surface area contributed by atoms with Crippen LogP contribution in [0.5, 0.6) is 0 Å². The lowest BCUT2D eigenvalue weighted by Gasteiger charge is -2.42. The molecule has 6 nitrogen and oxygen atoms in total. The molecule has 0 aromatic heterocycles. The van der Waals surface area contributed by atoms with Gasteiger partial charge in [-0.25, -0.2) is 8.78 Å². The van der Waals surface area contributed by atoms with Gasteiger partial charge in [0.15, 0.2) is 0 Å². The van der Waals surface area contributed by atoms with Crippen LogP contribution in [0.2, 0.25) is 0 Å². The molecule has 2 fully saturated rings. The highest BCUT2D eigenvalue weighted by atomic mass is 19.1. The maximum Gasteiger partial charge on any atom is 0.247 e. The Labute approximate surface area is 155 Å². The minimum Gasteiger partial charge on any atom is -0.390 e. The van der Waals surface area contributed by atoms with Gasteiger partial charge in [-0.3, -0.25) is 4.79 Å². The normalized spacial score (nSPS) is 33.7. The number of benzene rings is 1. The van der Waals surface area contributed by atoms with Crippen LogP contribution < -0.4 is 5.32 Å². The molecule has 1 aliphatic carbocycles. The van der Waals surface area contributed by atoms with Gasteiger partial charge in [-0.1, -0.05) is 6.92 Å². The average molecular weight is 383 g/mol. The highest BCUT2D eigenvalue weighted by molar-refractivity contribution is 5.97. The van der Waals surface area contributed by atoms with Gasteiger partial charge >= 0.3 is 0 Å². The van der Waals surface area contributed by atoms with Crippen LogP contribution in [0.4, 0.5) is 8.78 Å². The molecule has 6 atom stereocenters. The summed E-state index contributed by atoms with van der Waals surface area (Å²) in [5.41, 5.74) is 0.217. The first kappa shape index (κ1) is 19.9. The fourth-order valence-corrected chi connectivity index (χ4v) is 3.56. The van der Waals surface area contributed by atoms with E-state index in [-0.39, 0.29) is 29.4 Å². The third-order valence-corrected chi connectivity index (χ3v) is 5.28. The van der Waals surface area contributed by atoms with Gasteiger partial charge in [-0.05, 0) is 37.6 Å². The molecule has 3 N–H and O–H groups in total. The number of halogens is 2. The minimum atomic E-state index is -1.16. The van der Waals surface area contributed by atoms with Gasteiger partial charge in [0.25, 0.3) is 0 Å². The van der Waals surface area contributed by atoms with Gasteiger partial charge in [0, 0.05) is 17.1 Å². The van der Waals surface area contributed by atoms with E-state index in [2.05, 4.69) is 5.32 Å². The molecule has 0 radical (unpaired) electrons. The van der Waals surface area contributed by atoms with Gasteiger partial charge in [0.05, 0.1) is 18.2 Å². The Morgan fingerprint density at radius 2 is 1.85 bits per heavy atom. The molecule has 0 spiro atoms. The molecule has 148 valence electrons. The number of aryl methyl sites for hydroxylation is 1. The first-order valence-electron chi connectivity index (χ1n) is 8.75. The van der Waals surface area contributed by atoms with Crippen molar-refractivity contribution < 1.29 is 33.3 Å².